The Labute approximate surface area is 139 Å². The molecule has 3 aromatic rings. The number of aromatic nitrogens is 3. The average Bonchev–Trinajstić information content (AvgIpc) is 3.23. The third kappa shape index (κ3) is 4.03. The van der Waals surface area contributed by atoms with Gasteiger partial charge in [0.2, 0.25) is 5.82 Å². The van der Waals surface area contributed by atoms with Crippen LogP contribution < -0.4 is 0 Å². The standard InChI is InChI=1S/C17H19N3O2S/c1-2-21-11-12-23-17-19-18-16(15-9-6-10-22-15)20(17)13-14-7-4-3-5-8-14/h3-10H,2,11-13H2,1H3. The predicted octanol–water partition coefficient (Wildman–Crippen LogP) is 3.72. The molecule has 0 atom stereocenters. The summed E-state index contributed by atoms with van der Waals surface area (Å²) < 4.78 is 13.0. The molecule has 6 heteroatoms. The van der Waals surface area contributed by atoms with Crippen molar-refractivity contribution in [3.8, 4) is 11.6 Å². The monoisotopic (exact) mass is 329 g/mol. The van der Waals surface area contributed by atoms with Crippen LogP contribution in [0.4, 0.5) is 0 Å². The van der Waals surface area contributed by atoms with Crippen molar-refractivity contribution in [3.05, 3.63) is 54.3 Å². The van der Waals surface area contributed by atoms with Crippen molar-refractivity contribution < 1.29 is 9.15 Å². The molecule has 0 aliphatic heterocycles. The van der Waals surface area contributed by atoms with Crippen molar-refractivity contribution >= 4 is 11.8 Å². The van der Waals surface area contributed by atoms with E-state index in [1.54, 1.807) is 18.0 Å². The summed E-state index contributed by atoms with van der Waals surface area (Å²) in [5, 5.41) is 9.51. The van der Waals surface area contributed by atoms with E-state index >= 15 is 0 Å². The van der Waals surface area contributed by atoms with Crippen LogP contribution in [0.3, 0.4) is 0 Å². The van der Waals surface area contributed by atoms with Gasteiger partial charge in [0.25, 0.3) is 0 Å². The molecular weight excluding hydrogens is 310 g/mol. The fourth-order valence-electron chi connectivity index (χ4n) is 2.23. The van der Waals surface area contributed by atoms with Gasteiger partial charge in [-0.3, -0.25) is 4.57 Å². The molecule has 0 radical (unpaired) electrons. The van der Waals surface area contributed by atoms with Crippen LogP contribution in [0.15, 0.2) is 58.3 Å². The maximum absolute atomic E-state index is 5.50. The maximum Gasteiger partial charge on any atom is 0.200 e. The molecule has 0 spiro atoms. The van der Waals surface area contributed by atoms with Crippen LogP contribution in [0.1, 0.15) is 12.5 Å². The smallest absolute Gasteiger partial charge is 0.200 e. The van der Waals surface area contributed by atoms with E-state index in [0.717, 1.165) is 29.1 Å². The zero-order chi connectivity index (χ0) is 15.9. The highest BCUT2D eigenvalue weighted by Gasteiger charge is 2.16. The molecule has 0 bridgehead atoms. The number of furan rings is 1. The summed E-state index contributed by atoms with van der Waals surface area (Å²) in [5.41, 5.74) is 1.20. The number of rotatable bonds is 8. The van der Waals surface area contributed by atoms with Crippen molar-refractivity contribution in [1.82, 2.24) is 14.8 Å². The summed E-state index contributed by atoms with van der Waals surface area (Å²) >= 11 is 1.65. The zero-order valence-electron chi connectivity index (χ0n) is 13.0. The lowest BCUT2D eigenvalue weighted by Gasteiger charge is -2.09. The minimum absolute atomic E-state index is 0.704. The van der Waals surface area contributed by atoms with Crippen molar-refractivity contribution in [2.75, 3.05) is 19.0 Å². The molecule has 0 saturated heterocycles. The molecule has 0 saturated carbocycles. The molecule has 0 fully saturated rings. The second-order valence-corrected chi connectivity index (χ2v) is 5.96. The van der Waals surface area contributed by atoms with Gasteiger partial charge >= 0.3 is 0 Å². The second-order valence-electron chi connectivity index (χ2n) is 4.90. The predicted molar refractivity (Wildman–Crippen MR) is 90.5 cm³/mol. The molecule has 3 rings (SSSR count). The van der Waals surface area contributed by atoms with Gasteiger partial charge in [-0.1, -0.05) is 42.1 Å². The Hall–Kier alpha value is -2.05. The summed E-state index contributed by atoms with van der Waals surface area (Å²) in [4.78, 5) is 0. The lowest BCUT2D eigenvalue weighted by atomic mass is 10.2. The first-order valence-electron chi connectivity index (χ1n) is 7.60. The van der Waals surface area contributed by atoms with Crippen molar-refractivity contribution in [2.24, 2.45) is 0 Å². The number of benzene rings is 1. The van der Waals surface area contributed by atoms with E-state index in [0.29, 0.717) is 13.2 Å². The van der Waals surface area contributed by atoms with E-state index in [2.05, 4.69) is 26.9 Å². The van der Waals surface area contributed by atoms with Crippen molar-refractivity contribution in [3.63, 3.8) is 0 Å². The van der Waals surface area contributed by atoms with E-state index in [4.69, 9.17) is 9.15 Å². The number of nitrogens with zero attached hydrogens (tertiary/aromatic N) is 3. The van der Waals surface area contributed by atoms with Gasteiger partial charge in [0, 0.05) is 12.4 Å². The molecule has 2 aromatic heterocycles. The highest BCUT2D eigenvalue weighted by atomic mass is 32.2. The highest BCUT2D eigenvalue weighted by Crippen LogP contribution is 2.25. The molecular formula is C17H19N3O2S. The molecule has 0 amide bonds. The fourth-order valence-corrected chi connectivity index (χ4v) is 3.02. The zero-order valence-corrected chi connectivity index (χ0v) is 13.8. The van der Waals surface area contributed by atoms with E-state index in [-0.39, 0.29) is 0 Å². The van der Waals surface area contributed by atoms with Gasteiger partial charge in [-0.05, 0) is 24.6 Å². The molecule has 0 aliphatic carbocycles. The second kappa shape index (κ2) is 7.99. The van der Waals surface area contributed by atoms with E-state index in [1.165, 1.54) is 5.56 Å². The lowest BCUT2D eigenvalue weighted by Crippen LogP contribution is -2.05. The van der Waals surface area contributed by atoms with Gasteiger partial charge in [0.15, 0.2) is 10.9 Å². The van der Waals surface area contributed by atoms with Gasteiger partial charge in [-0.25, -0.2) is 0 Å². The minimum Gasteiger partial charge on any atom is -0.461 e. The molecule has 5 nitrogen and oxygen atoms in total. The van der Waals surface area contributed by atoms with Crippen LogP contribution in [0.25, 0.3) is 11.6 Å². The van der Waals surface area contributed by atoms with Crippen molar-refractivity contribution in [2.45, 2.75) is 18.6 Å². The third-order valence-corrected chi connectivity index (χ3v) is 4.24. The minimum atomic E-state index is 0.704. The molecule has 120 valence electrons. The summed E-state index contributed by atoms with van der Waals surface area (Å²) in [6, 6.07) is 14.0. The SMILES string of the molecule is CCOCCSc1nnc(-c2ccco2)n1Cc1ccccc1. The van der Waals surface area contributed by atoms with Gasteiger partial charge in [-0.15, -0.1) is 10.2 Å². The van der Waals surface area contributed by atoms with E-state index < -0.39 is 0 Å². The first kappa shape index (κ1) is 15.8. The van der Waals surface area contributed by atoms with Crippen LogP contribution >= 0.6 is 11.8 Å². The largest absolute Gasteiger partial charge is 0.461 e. The highest BCUT2D eigenvalue weighted by molar-refractivity contribution is 7.99. The summed E-state index contributed by atoms with van der Waals surface area (Å²) in [7, 11) is 0. The van der Waals surface area contributed by atoms with Gasteiger partial charge < -0.3 is 9.15 Å². The first-order valence-corrected chi connectivity index (χ1v) is 8.58. The molecule has 1 aromatic carbocycles. The Kier molecular flexibility index (Phi) is 5.50. The topological polar surface area (TPSA) is 53.1 Å². The van der Waals surface area contributed by atoms with Crippen LogP contribution in [-0.4, -0.2) is 33.7 Å². The quantitative estimate of drug-likeness (QED) is 0.466. The number of ether oxygens (including phenoxy) is 1. The number of hydrogen-bond acceptors (Lipinski definition) is 5. The fraction of sp³-hybridized carbons (Fsp3) is 0.294. The molecule has 0 aliphatic rings. The van der Waals surface area contributed by atoms with Crippen LogP contribution in [0.2, 0.25) is 0 Å². The van der Waals surface area contributed by atoms with E-state index in [1.807, 2.05) is 37.3 Å². The molecule has 23 heavy (non-hydrogen) atoms. The third-order valence-electron chi connectivity index (χ3n) is 3.30. The number of hydrogen-bond donors (Lipinski definition) is 0. The van der Waals surface area contributed by atoms with Crippen LogP contribution in [0.5, 0.6) is 0 Å². The average molecular weight is 329 g/mol. The van der Waals surface area contributed by atoms with Gasteiger partial charge in [0.1, 0.15) is 0 Å². The Morgan fingerprint density at radius 2 is 2.00 bits per heavy atom. The Balaban J connectivity index is 1.84. The Morgan fingerprint density at radius 3 is 2.74 bits per heavy atom. The van der Waals surface area contributed by atoms with Crippen molar-refractivity contribution in [1.29, 1.82) is 0 Å². The summed E-state index contributed by atoms with van der Waals surface area (Å²) in [5.74, 6) is 2.32. The van der Waals surface area contributed by atoms with Crippen LogP contribution in [0, 0.1) is 0 Å². The maximum atomic E-state index is 5.50. The summed E-state index contributed by atoms with van der Waals surface area (Å²) in [6.07, 6.45) is 1.65. The molecule has 0 unspecified atom stereocenters. The summed E-state index contributed by atoms with van der Waals surface area (Å²) in [6.45, 7) is 4.14. The van der Waals surface area contributed by atoms with E-state index in [9.17, 15) is 0 Å². The van der Waals surface area contributed by atoms with Gasteiger partial charge in [-0.2, -0.15) is 0 Å². The Morgan fingerprint density at radius 1 is 1.13 bits per heavy atom. The first-order chi connectivity index (χ1) is 11.4. The molecule has 2 heterocycles. The Bertz CT molecular complexity index is 711. The molecule has 0 N–H and O–H groups in total. The lowest BCUT2D eigenvalue weighted by molar-refractivity contribution is 0.164. The normalized spacial score (nSPS) is 11.0. The number of thioether (sulfide) groups is 1. The van der Waals surface area contributed by atoms with Gasteiger partial charge in [0.05, 0.1) is 19.4 Å². The van der Waals surface area contributed by atoms with Crippen LogP contribution in [-0.2, 0) is 11.3 Å².